The van der Waals surface area contributed by atoms with E-state index < -0.39 is 0 Å². The molecule has 3 N–H and O–H groups in total. The van der Waals surface area contributed by atoms with Crippen LogP contribution in [0.15, 0.2) is 6.33 Å². The highest BCUT2D eigenvalue weighted by Crippen LogP contribution is 2.02. The highest BCUT2D eigenvalue weighted by atomic mass is 15.2. The van der Waals surface area contributed by atoms with Gasteiger partial charge in [0.2, 0.25) is 0 Å². The van der Waals surface area contributed by atoms with Crippen LogP contribution in [0.4, 0.5) is 0 Å². The van der Waals surface area contributed by atoms with Gasteiger partial charge in [-0.3, -0.25) is 5.10 Å². The van der Waals surface area contributed by atoms with Crippen LogP contribution < -0.4 is 10.6 Å². The van der Waals surface area contributed by atoms with Crippen LogP contribution in [0, 0.1) is 0 Å². The van der Waals surface area contributed by atoms with E-state index in [2.05, 4.69) is 25.8 Å². The minimum absolute atomic E-state index is 0.690. The Balaban J connectivity index is 1.48. The van der Waals surface area contributed by atoms with Gasteiger partial charge in [-0.2, -0.15) is 5.10 Å². The molecule has 1 aliphatic heterocycles. The molecule has 15 heavy (non-hydrogen) atoms. The summed E-state index contributed by atoms with van der Waals surface area (Å²) in [6.07, 6.45) is 6.29. The predicted molar refractivity (Wildman–Crippen MR) is 58.6 cm³/mol. The quantitative estimate of drug-likeness (QED) is 0.580. The predicted octanol–water partition coefficient (Wildman–Crippen LogP) is 0.0789. The third-order valence-corrected chi connectivity index (χ3v) is 2.79. The Hall–Kier alpha value is -0.940. The minimum Gasteiger partial charge on any atom is -0.315 e. The monoisotopic (exact) mass is 209 g/mol. The van der Waals surface area contributed by atoms with Gasteiger partial charge in [0.15, 0.2) is 0 Å². The number of aromatic amines is 1. The Labute approximate surface area is 90.1 Å². The van der Waals surface area contributed by atoms with Crippen LogP contribution in [0.5, 0.6) is 0 Å². The van der Waals surface area contributed by atoms with Crippen molar-refractivity contribution < 1.29 is 0 Å². The van der Waals surface area contributed by atoms with E-state index >= 15 is 0 Å². The standard InChI is InChI=1S/C10H19N5/c1-3-9(12-6-1)7-11-5-2-4-10-13-8-14-15-10/h8-9,11-12H,1-7H2,(H,13,14,15). The van der Waals surface area contributed by atoms with E-state index in [0.717, 1.165) is 31.8 Å². The van der Waals surface area contributed by atoms with Gasteiger partial charge in [-0.1, -0.05) is 0 Å². The fraction of sp³-hybridized carbons (Fsp3) is 0.800. The van der Waals surface area contributed by atoms with Crippen molar-refractivity contribution in [3.8, 4) is 0 Å². The summed E-state index contributed by atoms with van der Waals surface area (Å²) in [6, 6.07) is 0.690. The van der Waals surface area contributed by atoms with Crippen LogP contribution in [-0.4, -0.2) is 40.9 Å². The van der Waals surface area contributed by atoms with Crippen molar-refractivity contribution >= 4 is 0 Å². The number of hydrogen-bond donors (Lipinski definition) is 3. The number of H-pyrrole nitrogens is 1. The second-order valence-electron chi connectivity index (χ2n) is 4.03. The minimum atomic E-state index is 0.690. The van der Waals surface area contributed by atoms with E-state index in [0.29, 0.717) is 6.04 Å². The summed E-state index contributed by atoms with van der Waals surface area (Å²) in [7, 11) is 0. The van der Waals surface area contributed by atoms with Crippen LogP contribution in [0.1, 0.15) is 25.1 Å². The Morgan fingerprint density at radius 2 is 2.53 bits per heavy atom. The topological polar surface area (TPSA) is 65.6 Å². The van der Waals surface area contributed by atoms with Crippen molar-refractivity contribution in [1.29, 1.82) is 0 Å². The van der Waals surface area contributed by atoms with E-state index in [1.54, 1.807) is 6.33 Å². The summed E-state index contributed by atoms with van der Waals surface area (Å²) >= 11 is 0. The van der Waals surface area contributed by atoms with Gasteiger partial charge in [0, 0.05) is 19.0 Å². The smallest absolute Gasteiger partial charge is 0.137 e. The van der Waals surface area contributed by atoms with E-state index in [4.69, 9.17) is 0 Å². The van der Waals surface area contributed by atoms with Crippen LogP contribution in [0.25, 0.3) is 0 Å². The fourth-order valence-corrected chi connectivity index (χ4v) is 1.94. The largest absolute Gasteiger partial charge is 0.315 e. The zero-order valence-electron chi connectivity index (χ0n) is 9.00. The number of nitrogens with one attached hydrogen (secondary N) is 3. The Bertz CT molecular complexity index is 253. The number of aromatic nitrogens is 3. The molecule has 0 aromatic carbocycles. The third-order valence-electron chi connectivity index (χ3n) is 2.79. The van der Waals surface area contributed by atoms with Crippen LogP contribution in [-0.2, 0) is 6.42 Å². The first-order valence-corrected chi connectivity index (χ1v) is 5.73. The highest BCUT2D eigenvalue weighted by Gasteiger charge is 2.12. The molecule has 2 rings (SSSR count). The molecule has 0 amide bonds. The molecule has 2 heterocycles. The molecule has 5 heteroatoms. The van der Waals surface area contributed by atoms with E-state index in [-0.39, 0.29) is 0 Å². The van der Waals surface area contributed by atoms with Crippen LogP contribution in [0.3, 0.4) is 0 Å². The zero-order chi connectivity index (χ0) is 10.3. The lowest BCUT2D eigenvalue weighted by atomic mass is 10.2. The maximum absolute atomic E-state index is 4.08. The van der Waals surface area contributed by atoms with E-state index in [1.807, 2.05) is 0 Å². The van der Waals surface area contributed by atoms with Crippen molar-refractivity contribution in [1.82, 2.24) is 25.8 Å². The van der Waals surface area contributed by atoms with Gasteiger partial charge in [0.1, 0.15) is 12.2 Å². The molecule has 0 bridgehead atoms. The molecule has 1 fully saturated rings. The van der Waals surface area contributed by atoms with Gasteiger partial charge in [-0.05, 0) is 32.4 Å². The van der Waals surface area contributed by atoms with Gasteiger partial charge in [-0.15, -0.1) is 0 Å². The summed E-state index contributed by atoms with van der Waals surface area (Å²) < 4.78 is 0. The van der Waals surface area contributed by atoms with Crippen LogP contribution >= 0.6 is 0 Å². The summed E-state index contributed by atoms with van der Waals surface area (Å²) in [5.74, 6) is 0.982. The maximum Gasteiger partial charge on any atom is 0.137 e. The second-order valence-corrected chi connectivity index (χ2v) is 4.03. The molecule has 5 nitrogen and oxygen atoms in total. The van der Waals surface area contributed by atoms with Gasteiger partial charge < -0.3 is 10.6 Å². The first-order chi connectivity index (χ1) is 7.45. The molecule has 1 aromatic rings. The normalized spacial score (nSPS) is 20.9. The van der Waals surface area contributed by atoms with Crippen LogP contribution in [0.2, 0.25) is 0 Å². The summed E-state index contributed by atoms with van der Waals surface area (Å²) in [5.41, 5.74) is 0. The molecule has 1 saturated heterocycles. The second kappa shape index (κ2) is 5.82. The first-order valence-electron chi connectivity index (χ1n) is 5.73. The number of nitrogens with zero attached hydrogens (tertiary/aromatic N) is 2. The summed E-state index contributed by atoms with van der Waals surface area (Å²) in [6.45, 7) is 3.33. The number of rotatable bonds is 6. The number of hydrogen-bond acceptors (Lipinski definition) is 4. The number of aryl methyl sites for hydroxylation is 1. The van der Waals surface area contributed by atoms with Crippen molar-refractivity contribution in [3.63, 3.8) is 0 Å². The summed E-state index contributed by atoms with van der Waals surface area (Å²) in [5, 5.41) is 13.6. The third kappa shape index (κ3) is 3.60. The average Bonchev–Trinajstić information content (AvgIpc) is 2.88. The van der Waals surface area contributed by atoms with Crippen molar-refractivity contribution in [2.75, 3.05) is 19.6 Å². The average molecular weight is 209 g/mol. The SMILES string of the molecule is c1n[nH]c(CCCNCC2CCCN2)n1. The van der Waals surface area contributed by atoms with Gasteiger partial charge in [0.05, 0.1) is 0 Å². The Morgan fingerprint density at radius 3 is 3.27 bits per heavy atom. The Kier molecular flexibility index (Phi) is 4.11. The molecule has 1 atom stereocenters. The molecule has 1 unspecified atom stereocenters. The zero-order valence-corrected chi connectivity index (χ0v) is 9.00. The van der Waals surface area contributed by atoms with Crippen molar-refractivity contribution in [2.24, 2.45) is 0 Å². The molecule has 0 aliphatic carbocycles. The molecular weight excluding hydrogens is 190 g/mol. The van der Waals surface area contributed by atoms with E-state index in [9.17, 15) is 0 Å². The molecule has 0 saturated carbocycles. The van der Waals surface area contributed by atoms with Crippen molar-refractivity contribution in [3.05, 3.63) is 12.2 Å². The molecule has 0 radical (unpaired) electrons. The highest BCUT2D eigenvalue weighted by molar-refractivity contribution is 4.80. The molecular formula is C10H19N5. The molecule has 84 valence electrons. The Morgan fingerprint density at radius 1 is 1.53 bits per heavy atom. The molecule has 0 spiro atoms. The summed E-state index contributed by atoms with van der Waals surface area (Å²) in [4.78, 5) is 4.08. The lowest BCUT2D eigenvalue weighted by molar-refractivity contribution is 0.527. The fourth-order valence-electron chi connectivity index (χ4n) is 1.94. The van der Waals surface area contributed by atoms with E-state index in [1.165, 1.54) is 19.4 Å². The first kappa shape index (κ1) is 10.6. The lowest BCUT2D eigenvalue weighted by Gasteiger charge is -2.10. The van der Waals surface area contributed by atoms with Gasteiger partial charge in [0.25, 0.3) is 0 Å². The maximum atomic E-state index is 4.08. The molecule has 1 aromatic heterocycles. The van der Waals surface area contributed by atoms with Gasteiger partial charge >= 0.3 is 0 Å². The van der Waals surface area contributed by atoms with Gasteiger partial charge in [-0.25, -0.2) is 4.98 Å². The van der Waals surface area contributed by atoms with Crippen molar-refractivity contribution in [2.45, 2.75) is 31.7 Å². The lowest BCUT2D eigenvalue weighted by Crippen LogP contribution is -2.34. The molecule has 1 aliphatic rings.